The summed E-state index contributed by atoms with van der Waals surface area (Å²) >= 11 is 5.87. The van der Waals surface area contributed by atoms with Gasteiger partial charge in [-0.3, -0.25) is 19.4 Å². The summed E-state index contributed by atoms with van der Waals surface area (Å²) in [6, 6.07) is 7.39. The van der Waals surface area contributed by atoms with Gasteiger partial charge in [0.15, 0.2) is 11.6 Å². The fourth-order valence-corrected chi connectivity index (χ4v) is 2.89. The molecule has 148 valence electrons. The number of aromatic nitrogens is 4. The van der Waals surface area contributed by atoms with E-state index in [1.807, 2.05) is 6.07 Å². The number of nitriles is 1. The summed E-state index contributed by atoms with van der Waals surface area (Å²) in [5.41, 5.74) is 0.946. The monoisotopic (exact) mass is 414 g/mol. The lowest BCUT2D eigenvalue weighted by molar-refractivity contribution is 0.0930. The lowest BCUT2D eigenvalue weighted by atomic mass is 10.1. The molecule has 0 saturated heterocycles. The van der Waals surface area contributed by atoms with Gasteiger partial charge >= 0.3 is 0 Å². The Kier molecular flexibility index (Phi) is 5.75. The summed E-state index contributed by atoms with van der Waals surface area (Å²) in [6.07, 6.45) is 1.65. The van der Waals surface area contributed by atoms with E-state index in [-0.39, 0.29) is 39.4 Å². The van der Waals surface area contributed by atoms with Gasteiger partial charge < -0.3 is 5.32 Å². The maximum Gasteiger partial charge on any atom is 0.269 e. The third kappa shape index (κ3) is 4.33. The highest BCUT2D eigenvalue weighted by Gasteiger charge is 2.17. The largest absolute Gasteiger partial charge is 0.346 e. The molecule has 0 bridgehead atoms. The van der Waals surface area contributed by atoms with Crippen LogP contribution in [-0.2, 0) is 6.54 Å². The van der Waals surface area contributed by atoms with Crippen LogP contribution in [0.3, 0.4) is 0 Å². The molecule has 0 fully saturated rings. The first-order chi connectivity index (χ1) is 13.8. The number of nitrogens with one attached hydrogen (secondary N) is 2. The van der Waals surface area contributed by atoms with Crippen LogP contribution in [-0.4, -0.2) is 37.7 Å². The Labute approximate surface area is 170 Å². The standard InChI is InChI=1S/C19H16ClFN6O2/c1-10(23-19(29)16-7-15(11(2)28)24-25-16)9-27-6-5-14(26-27)13-4-3-12(8-22)17(20)18(13)21/h3-7,10H,9H2,1-2H3,(H,23,29)(H,24,25). The third-order valence-electron chi connectivity index (χ3n) is 4.14. The molecule has 3 aromatic rings. The predicted octanol–water partition coefficient (Wildman–Crippen LogP) is 2.96. The van der Waals surface area contributed by atoms with Crippen molar-refractivity contribution in [3.8, 4) is 17.3 Å². The van der Waals surface area contributed by atoms with E-state index in [1.54, 1.807) is 23.9 Å². The van der Waals surface area contributed by atoms with Gasteiger partial charge in [-0.2, -0.15) is 15.5 Å². The van der Waals surface area contributed by atoms with E-state index >= 15 is 0 Å². The van der Waals surface area contributed by atoms with Crippen molar-refractivity contribution < 1.29 is 14.0 Å². The molecule has 1 amide bonds. The SMILES string of the molecule is CC(=O)c1cc(C(=O)NC(C)Cn2ccc(-c3ccc(C#N)c(Cl)c3F)n2)[nH]n1. The van der Waals surface area contributed by atoms with E-state index in [9.17, 15) is 14.0 Å². The summed E-state index contributed by atoms with van der Waals surface area (Å²) in [6.45, 7) is 3.46. The molecule has 0 radical (unpaired) electrons. The summed E-state index contributed by atoms with van der Waals surface area (Å²) in [4.78, 5) is 23.5. The minimum atomic E-state index is -0.710. The van der Waals surface area contributed by atoms with Crippen molar-refractivity contribution in [2.45, 2.75) is 26.4 Å². The molecule has 0 saturated carbocycles. The van der Waals surface area contributed by atoms with Crippen molar-refractivity contribution >= 4 is 23.3 Å². The first-order valence-corrected chi connectivity index (χ1v) is 8.97. The van der Waals surface area contributed by atoms with Crippen LogP contribution in [0, 0.1) is 17.1 Å². The maximum absolute atomic E-state index is 14.4. The zero-order valence-electron chi connectivity index (χ0n) is 15.5. The number of halogens is 2. The number of benzene rings is 1. The predicted molar refractivity (Wildman–Crippen MR) is 103 cm³/mol. The number of hydrogen-bond acceptors (Lipinski definition) is 5. The van der Waals surface area contributed by atoms with E-state index in [2.05, 4.69) is 20.6 Å². The number of nitrogens with zero attached hydrogens (tertiary/aromatic N) is 4. The van der Waals surface area contributed by atoms with Crippen LogP contribution in [0.1, 0.15) is 40.4 Å². The second-order valence-electron chi connectivity index (χ2n) is 6.42. The normalized spacial score (nSPS) is 11.7. The zero-order chi connectivity index (χ0) is 21.1. The first kappa shape index (κ1) is 20.2. The number of amides is 1. The second kappa shape index (κ2) is 8.24. The fourth-order valence-electron chi connectivity index (χ4n) is 2.69. The molecule has 1 aromatic carbocycles. The van der Waals surface area contributed by atoms with E-state index in [0.29, 0.717) is 12.2 Å². The number of hydrogen-bond donors (Lipinski definition) is 2. The molecule has 0 aliphatic carbocycles. The van der Waals surface area contributed by atoms with Crippen molar-refractivity contribution in [1.82, 2.24) is 25.3 Å². The van der Waals surface area contributed by atoms with Gasteiger partial charge in [-0.25, -0.2) is 4.39 Å². The Morgan fingerprint density at radius 3 is 2.83 bits per heavy atom. The molecule has 29 heavy (non-hydrogen) atoms. The molecule has 1 atom stereocenters. The quantitative estimate of drug-likeness (QED) is 0.601. The molecule has 2 N–H and O–H groups in total. The molecule has 2 aromatic heterocycles. The minimum absolute atomic E-state index is 0.0513. The van der Waals surface area contributed by atoms with Crippen molar-refractivity contribution in [2.75, 3.05) is 0 Å². The Morgan fingerprint density at radius 2 is 2.17 bits per heavy atom. The van der Waals surface area contributed by atoms with Gasteiger partial charge in [0.1, 0.15) is 17.5 Å². The Balaban J connectivity index is 1.68. The van der Waals surface area contributed by atoms with Gasteiger partial charge in [-0.1, -0.05) is 11.6 Å². The van der Waals surface area contributed by atoms with Gasteiger partial charge in [0.25, 0.3) is 5.91 Å². The van der Waals surface area contributed by atoms with E-state index < -0.39 is 11.7 Å². The van der Waals surface area contributed by atoms with Gasteiger partial charge in [-0.15, -0.1) is 0 Å². The maximum atomic E-state index is 14.4. The number of ketones is 1. The Bertz CT molecular complexity index is 1130. The molecule has 1 unspecified atom stereocenters. The van der Waals surface area contributed by atoms with Crippen molar-refractivity contribution in [3.05, 3.63) is 58.3 Å². The van der Waals surface area contributed by atoms with E-state index in [0.717, 1.165) is 0 Å². The zero-order valence-corrected chi connectivity index (χ0v) is 16.3. The average molecular weight is 415 g/mol. The lowest BCUT2D eigenvalue weighted by Crippen LogP contribution is -2.36. The highest BCUT2D eigenvalue weighted by molar-refractivity contribution is 6.32. The molecule has 2 heterocycles. The summed E-state index contributed by atoms with van der Waals surface area (Å²) in [5, 5.41) is 22.0. The third-order valence-corrected chi connectivity index (χ3v) is 4.51. The molecule has 8 nitrogen and oxygen atoms in total. The molecule has 0 spiro atoms. The molecule has 3 rings (SSSR count). The average Bonchev–Trinajstić information content (AvgIpc) is 3.33. The second-order valence-corrected chi connectivity index (χ2v) is 6.80. The molecular weight excluding hydrogens is 399 g/mol. The van der Waals surface area contributed by atoms with Crippen LogP contribution in [0.2, 0.25) is 5.02 Å². The first-order valence-electron chi connectivity index (χ1n) is 8.59. The van der Waals surface area contributed by atoms with Crippen LogP contribution < -0.4 is 5.32 Å². The Hall–Kier alpha value is -3.51. The van der Waals surface area contributed by atoms with Crippen LogP contribution in [0.25, 0.3) is 11.3 Å². The number of Topliss-reactive ketones (excluding diaryl/α,β-unsaturated/α-hetero) is 1. The lowest BCUT2D eigenvalue weighted by Gasteiger charge is -2.13. The highest BCUT2D eigenvalue weighted by atomic mass is 35.5. The van der Waals surface area contributed by atoms with Crippen LogP contribution >= 0.6 is 11.6 Å². The van der Waals surface area contributed by atoms with Gasteiger partial charge in [0.2, 0.25) is 0 Å². The molecule has 0 aliphatic rings. The summed E-state index contributed by atoms with van der Waals surface area (Å²) < 4.78 is 16.0. The van der Waals surface area contributed by atoms with Crippen LogP contribution in [0.4, 0.5) is 4.39 Å². The Morgan fingerprint density at radius 1 is 1.41 bits per heavy atom. The summed E-state index contributed by atoms with van der Waals surface area (Å²) in [7, 11) is 0. The van der Waals surface area contributed by atoms with Gasteiger partial charge in [0.05, 0.1) is 22.8 Å². The number of carbonyl (C=O) groups is 2. The molecule has 0 aliphatic heterocycles. The van der Waals surface area contributed by atoms with Crippen molar-refractivity contribution in [1.29, 1.82) is 5.26 Å². The van der Waals surface area contributed by atoms with Crippen molar-refractivity contribution in [2.24, 2.45) is 0 Å². The van der Waals surface area contributed by atoms with Crippen molar-refractivity contribution in [3.63, 3.8) is 0 Å². The summed E-state index contributed by atoms with van der Waals surface area (Å²) in [5.74, 6) is -1.36. The highest BCUT2D eigenvalue weighted by Crippen LogP contribution is 2.29. The number of carbonyl (C=O) groups excluding carboxylic acids is 2. The van der Waals surface area contributed by atoms with Gasteiger partial charge in [-0.05, 0) is 31.2 Å². The number of rotatable bonds is 6. The van der Waals surface area contributed by atoms with Gasteiger partial charge in [0, 0.05) is 24.7 Å². The van der Waals surface area contributed by atoms with Crippen LogP contribution in [0.5, 0.6) is 0 Å². The number of aromatic amines is 1. The number of H-pyrrole nitrogens is 1. The minimum Gasteiger partial charge on any atom is -0.346 e. The fraction of sp³-hybridized carbons (Fsp3) is 0.211. The smallest absolute Gasteiger partial charge is 0.269 e. The van der Waals surface area contributed by atoms with Crippen LogP contribution in [0.15, 0.2) is 30.5 Å². The van der Waals surface area contributed by atoms with E-state index in [4.69, 9.17) is 16.9 Å². The molecule has 10 heteroatoms. The molecular formula is C19H16ClFN6O2. The topological polar surface area (TPSA) is 116 Å². The van der Waals surface area contributed by atoms with E-state index in [1.165, 1.54) is 25.1 Å².